The Kier molecular flexibility index (Phi) is 8.65. The van der Waals surface area contributed by atoms with Gasteiger partial charge in [0.25, 0.3) is 0 Å². The summed E-state index contributed by atoms with van der Waals surface area (Å²) in [5.41, 5.74) is 0. The Labute approximate surface area is 203 Å². The second-order valence-electron chi connectivity index (χ2n) is 7.72. The van der Waals surface area contributed by atoms with Crippen molar-refractivity contribution in [1.29, 1.82) is 0 Å². The molecule has 0 radical (unpaired) electrons. The Bertz CT molecular complexity index is 1150. The second-order valence-corrected chi connectivity index (χ2v) is 11.5. The fourth-order valence-electron chi connectivity index (χ4n) is 3.70. The van der Waals surface area contributed by atoms with Gasteiger partial charge in [0, 0.05) is 49.4 Å². The number of Topliss-reactive ketones (excluding diaryl/α,β-unsaturated/α-hetero) is 1. The van der Waals surface area contributed by atoms with Crippen LogP contribution in [0.4, 0.5) is 5.82 Å². The number of thiophene rings is 1. The number of hydrogen-bond donors (Lipinski definition) is 1. The average molecular weight is 515 g/mol. The molecule has 0 saturated carbocycles. The third-order valence-electron chi connectivity index (χ3n) is 5.35. The predicted octanol–water partition coefficient (Wildman–Crippen LogP) is 3.61. The van der Waals surface area contributed by atoms with Gasteiger partial charge in [0.15, 0.2) is 5.78 Å². The van der Waals surface area contributed by atoms with Crippen LogP contribution >= 0.6 is 35.3 Å². The first kappa shape index (κ1) is 25.1. The lowest BCUT2D eigenvalue weighted by Gasteiger charge is -2.35. The molecule has 1 aromatic carbocycles. The average Bonchev–Trinajstić information content (AvgIpc) is 3.40. The molecular formula is C21H27ClN4O3S3. The number of rotatable bonds is 9. The largest absolute Gasteiger partial charge is 0.353 e. The second kappa shape index (κ2) is 11.0. The van der Waals surface area contributed by atoms with Crippen LogP contribution in [0.25, 0.3) is 10.1 Å². The van der Waals surface area contributed by atoms with E-state index in [0.29, 0.717) is 11.3 Å². The summed E-state index contributed by atoms with van der Waals surface area (Å²) in [6.07, 6.45) is 2.47. The molecule has 32 heavy (non-hydrogen) atoms. The zero-order valence-electron chi connectivity index (χ0n) is 17.8. The number of fused-ring (bicyclic) bond motifs is 1. The number of nitrogens with one attached hydrogen (secondary N) is 1. The molecule has 0 aliphatic carbocycles. The van der Waals surface area contributed by atoms with Crippen LogP contribution in [0.3, 0.4) is 0 Å². The number of carbonyl (C=O) groups excluding carboxylic acids is 1. The number of hydrogen-bond acceptors (Lipinski definition) is 8. The number of aromatic nitrogens is 1. The lowest BCUT2D eigenvalue weighted by molar-refractivity contribution is 0.0978. The van der Waals surface area contributed by atoms with Crippen LogP contribution in [0.1, 0.15) is 27.4 Å². The summed E-state index contributed by atoms with van der Waals surface area (Å²) in [7, 11) is -3.23. The Morgan fingerprint density at radius 1 is 1.12 bits per heavy atom. The van der Waals surface area contributed by atoms with E-state index < -0.39 is 10.0 Å². The molecule has 1 aliphatic heterocycles. The number of benzene rings is 1. The van der Waals surface area contributed by atoms with E-state index in [2.05, 4.69) is 37.1 Å². The van der Waals surface area contributed by atoms with Crippen molar-refractivity contribution >= 4 is 67.0 Å². The van der Waals surface area contributed by atoms with Crippen LogP contribution in [0.5, 0.6) is 0 Å². The highest BCUT2D eigenvalue weighted by Crippen LogP contribution is 2.29. The van der Waals surface area contributed by atoms with Crippen molar-refractivity contribution in [3.05, 3.63) is 46.2 Å². The van der Waals surface area contributed by atoms with Gasteiger partial charge in [-0.15, -0.1) is 23.7 Å². The molecule has 1 N–H and O–H groups in total. The number of carbonyl (C=O) groups is 1. The smallest absolute Gasteiger partial charge is 0.209 e. The number of halogens is 1. The SMILES string of the molecule is CS(=O)(=O)NCc1ccc(C(=O)CCCN2CCN(c3nsc4ccccc34)CC2)s1.Cl. The fourth-order valence-corrected chi connectivity index (χ4v) is 5.92. The van der Waals surface area contributed by atoms with Gasteiger partial charge in [-0.1, -0.05) is 12.1 Å². The van der Waals surface area contributed by atoms with Gasteiger partial charge < -0.3 is 4.90 Å². The monoisotopic (exact) mass is 514 g/mol. The number of ketones is 1. The Balaban J connectivity index is 0.00000289. The molecule has 1 fully saturated rings. The molecule has 4 rings (SSSR count). The van der Waals surface area contributed by atoms with Gasteiger partial charge in [-0.3, -0.25) is 9.69 Å². The van der Waals surface area contributed by atoms with E-state index >= 15 is 0 Å². The van der Waals surface area contributed by atoms with Crippen LogP contribution in [0.15, 0.2) is 36.4 Å². The first-order valence-corrected chi connectivity index (χ1v) is 13.8. The minimum Gasteiger partial charge on any atom is -0.353 e. The molecule has 7 nitrogen and oxygen atoms in total. The third kappa shape index (κ3) is 6.49. The van der Waals surface area contributed by atoms with Gasteiger partial charge >= 0.3 is 0 Å². The number of nitrogens with zero attached hydrogens (tertiary/aromatic N) is 3. The summed E-state index contributed by atoms with van der Waals surface area (Å²) in [6, 6.07) is 12.0. The summed E-state index contributed by atoms with van der Waals surface area (Å²) >= 11 is 2.92. The van der Waals surface area contributed by atoms with E-state index in [1.807, 2.05) is 12.1 Å². The van der Waals surface area contributed by atoms with Gasteiger partial charge in [-0.25, -0.2) is 13.1 Å². The highest BCUT2D eigenvalue weighted by molar-refractivity contribution is 7.88. The van der Waals surface area contributed by atoms with Crippen LogP contribution in [-0.2, 0) is 16.6 Å². The number of piperazine rings is 1. The molecule has 3 aromatic rings. The molecule has 1 aliphatic rings. The minimum atomic E-state index is -3.23. The van der Waals surface area contributed by atoms with E-state index in [-0.39, 0.29) is 24.7 Å². The molecule has 0 bridgehead atoms. The predicted molar refractivity (Wildman–Crippen MR) is 135 cm³/mol. The van der Waals surface area contributed by atoms with E-state index in [4.69, 9.17) is 0 Å². The van der Waals surface area contributed by atoms with Gasteiger partial charge in [-0.05, 0) is 48.8 Å². The topological polar surface area (TPSA) is 82.6 Å². The van der Waals surface area contributed by atoms with E-state index in [0.717, 1.165) is 56.1 Å². The van der Waals surface area contributed by atoms with Crippen molar-refractivity contribution in [2.45, 2.75) is 19.4 Å². The fraction of sp³-hybridized carbons (Fsp3) is 0.429. The van der Waals surface area contributed by atoms with Crippen molar-refractivity contribution in [2.24, 2.45) is 0 Å². The number of sulfonamides is 1. The van der Waals surface area contributed by atoms with Gasteiger partial charge in [0.2, 0.25) is 10.0 Å². The quantitative estimate of drug-likeness (QED) is 0.439. The van der Waals surface area contributed by atoms with Gasteiger partial charge in [-0.2, -0.15) is 4.37 Å². The summed E-state index contributed by atoms with van der Waals surface area (Å²) in [4.78, 5) is 18.8. The molecular weight excluding hydrogens is 488 g/mol. The number of anilines is 1. The molecule has 3 heterocycles. The minimum absolute atomic E-state index is 0. The van der Waals surface area contributed by atoms with Gasteiger partial charge in [0.1, 0.15) is 5.82 Å². The van der Waals surface area contributed by atoms with Crippen LogP contribution in [0.2, 0.25) is 0 Å². The molecule has 0 unspecified atom stereocenters. The standard InChI is InChI=1S/C21H26N4O3S3.ClH/c1-31(27,28)22-15-16-8-9-20(29-16)18(26)6-4-10-24-11-13-25(14-12-24)21-17-5-2-3-7-19(17)30-23-21;/h2-3,5,7-9,22H,4,6,10-15H2,1H3;1H. The van der Waals surface area contributed by atoms with Crippen LogP contribution in [0, 0.1) is 0 Å². The van der Waals surface area contributed by atoms with E-state index in [9.17, 15) is 13.2 Å². The highest BCUT2D eigenvalue weighted by Gasteiger charge is 2.20. The maximum atomic E-state index is 12.5. The van der Waals surface area contributed by atoms with Crippen molar-refractivity contribution in [3.63, 3.8) is 0 Å². The van der Waals surface area contributed by atoms with Crippen LogP contribution < -0.4 is 9.62 Å². The Morgan fingerprint density at radius 2 is 1.88 bits per heavy atom. The molecule has 1 saturated heterocycles. The normalized spacial score (nSPS) is 15.1. The lowest BCUT2D eigenvalue weighted by Crippen LogP contribution is -2.46. The highest BCUT2D eigenvalue weighted by atomic mass is 35.5. The maximum Gasteiger partial charge on any atom is 0.209 e. The lowest BCUT2D eigenvalue weighted by atomic mass is 10.1. The van der Waals surface area contributed by atoms with Crippen molar-refractivity contribution in [2.75, 3.05) is 43.9 Å². The zero-order chi connectivity index (χ0) is 21.8. The molecule has 0 amide bonds. The van der Waals surface area contributed by atoms with Crippen molar-refractivity contribution in [1.82, 2.24) is 14.0 Å². The molecule has 0 atom stereocenters. The first-order valence-electron chi connectivity index (χ1n) is 10.3. The Morgan fingerprint density at radius 3 is 2.62 bits per heavy atom. The molecule has 0 spiro atoms. The van der Waals surface area contributed by atoms with Crippen molar-refractivity contribution in [3.8, 4) is 0 Å². The third-order valence-corrected chi connectivity index (χ3v) is 7.97. The Hall–Kier alpha value is -1.56. The first-order chi connectivity index (χ1) is 14.9. The van der Waals surface area contributed by atoms with E-state index in [1.165, 1.54) is 21.4 Å². The van der Waals surface area contributed by atoms with Crippen molar-refractivity contribution < 1.29 is 13.2 Å². The van der Waals surface area contributed by atoms with E-state index in [1.54, 1.807) is 17.6 Å². The van der Waals surface area contributed by atoms with Crippen LogP contribution in [-0.4, -0.2) is 62.5 Å². The summed E-state index contributed by atoms with van der Waals surface area (Å²) in [6.45, 7) is 4.98. The summed E-state index contributed by atoms with van der Waals surface area (Å²) in [5.74, 6) is 1.22. The summed E-state index contributed by atoms with van der Waals surface area (Å²) in [5, 5.41) is 1.23. The molecule has 11 heteroatoms. The zero-order valence-corrected chi connectivity index (χ0v) is 21.1. The molecule has 174 valence electrons. The molecule has 2 aromatic heterocycles. The summed E-state index contributed by atoms with van der Waals surface area (Å²) < 4.78 is 30.7. The maximum absolute atomic E-state index is 12.5. The van der Waals surface area contributed by atoms with Gasteiger partial charge in [0.05, 0.1) is 15.8 Å².